The third kappa shape index (κ3) is 1.89. The van der Waals surface area contributed by atoms with Crippen molar-refractivity contribution in [3.63, 3.8) is 0 Å². The van der Waals surface area contributed by atoms with E-state index >= 15 is 0 Å². The van der Waals surface area contributed by atoms with E-state index in [0.29, 0.717) is 12.2 Å². The number of pyridine rings is 1. The topological polar surface area (TPSA) is 42.0 Å². The molecule has 2 rings (SSSR count). The van der Waals surface area contributed by atoms with Crippen molar-refractivity contribution < 1.29 is 4.79 Å². The Kier molecular flexibility index (Phi) is 2.63. The predicted molar refractivity (Wildman–Crippen MR) is 64.8 cm³/mol. The Morgan fingerprint density at radius 1 is 1.50 bits per heavy atom. The smallest absolute Gasteiger partial charge is 0.234 e. The number of carbonyl (C=O) groups is 1. The Balaban J connectivity index is 2.07. The molecule has 0 saturated heterocycles. The summed E-state index contributed by atoms with van der Waals surface area (Å²) in [5, 5.41) is 2.71. The van der Waals surface area contributed by atoms with Gasteiger partial charge in [0.1, 0.15) is 10.2 Å². The van der Waals surface area contributed by atoms with Gasteiger partial charge >= 0.3 is 0 Å². The molecule has 1 saturated carbocycles. The third-order valence-corrected chi connectivity index (χ3v) is 4.01. The van der Waals surface area contributed by atoms with E-state index in [1.807, 2.05) is 13.0 Å². The summed E-state index contributed by atoms with van der Waals surface area (Å²) in [5.74, 6) is 0.335. The highest BCUT2D eigenvalue weighted by atomic mass is 35.5. The number of hydrogen-bond donors (Lipinski definition) is 1. The number of aryl methyl sites for hydroxylation is 1. The molecule has 0 unspecified atom stereocenters. The van der Waals surface area contributed by atoms with Gasteiger partial charge in [-0.05, 0) is 31.9 Å². The molecule has 16 heavy (non-hydrogen) atoms. The quantitative estimate of drug-likeness (QED) is 0.830. The minimum absolute atomic E-state index is 0.186. The van der Waals surface area contributed by atoms with Crippen LogP contribution in [0.1, 0.15) is 18.9 Å². The Morgan fingerprint density at radius 3 is 2.56 bits per heavy atom. The number of aromatic nitrogens is 1. The van der Waals surface area contributed by atoms with Crippen LogP contribution < -0.4 is 5.32 Å². The van der Waals surface area contributed by atoms with Crippen molar-refractivity contribution >= 4 is 34.9 Å². The van der Waals surface area contributed by atoms with E-state index < -0.39 is 9.75 Å². The number of carbonyl (C=O) groups excluding carboxylic acids is 1. The second-order valence-electron chi connectivity index (χ2n) is 4.39. The number of alkyl halides is 2. The zero-order chi connectivity index (χ0) is 12.0. The standard InChI is InChI=1S/C11H12Cl2N2O/c1-7-3-4-8(14-5-7)15-9(16)10(2)6-11(10,12)13/h3-5H,6H2,1-2H3,(H,14,15,16)/t10-/m0/s1. The van der Waals surface area contributed by atoms with Gasteiger partial charge in [0.05, 0.1) is 5.41 Å². The molecule has 3 nitrogen and oxygen atoms in total. The number of nitrogens with zero attached hydrogens (tertiary/aromatic N) is 1. The van der Waals surface area contributed by atoms with E-state index in [1.54, 1.807) is 19.2 Å². The minimum Gasteiger partial charge on any atom is -0.310 e. The lowest BCUT2D eigenvalue weighted by molar-refractivity contribution is -0.120. The Bertz CT molecular complexity index is 430. The number of rotatable bonds is 2. The largest absolute Gasteiger partial charge is 0.310 e. The molecule has 0 bridgehead atoms. The molecule has 1 N–H and O–H groups in total. The number of amides is 1. The van der Waals surface area contributed by atoms with Gasteiger partial charge in [-0.3, -0.25) is 4.79 Å². The molecule has 1 fully saturated rings. The molecular weight excluding hydrogens is 247 g/mol. The van der Waals surface area contributed by atoms with Crippen LogP contribution in [0.2, 0.25) is 0 Å². The van der Waals surface area contributed by atoms with Crippen molar-refractivity contribution in [1.82, 2.24) is 4.98 Å². The molecule has 0 aromatic carbocycles. The fourth-order valence-electron chi connectivity index (χ4n) is 1.44. The summed E-state index contributed by atoms with van der Waals surface area (Å²) < 4.78 is -0.943. The molecule has 1 aromatic rings. The van der Waals surface area contributed by atoms with Crippen molar-refractivity contribution in [2.24, 2.45) is 5.41 Å². The highest BCUT2D eigenvalue weighted by Gasteiger charge is 2.67. The first-order valence-corrected chi connectivity index (χ1v) is 5.73. The maximum atomic E-state index is 11.9. The average molecular weight is 259 g/mol. The van der Waals surface area contributed by atoms with Crippen molar-refractivity contribution in [1.29, 1.82) is 0 Å². The van der Waals surface area contributed by atoms with Gasteiger partial charge < -0.3 is 5.32 Å². The minimum atomic E-state index is -0.943. The zero-order valence-corrected chi connectivity index (χ0v) is 10.6. The highest BCUT2D eigenvalue weighted by Crippen LogP contribution is 2.64. The van der Waals surface area contributed by atoms with Crippen LogP contribution in [0.3, 0.4) is 0 Å². The summed E-state index contributed by atoms with van der Waals surface area (Å²) >= 11 is 11.8. The monoisotopic (exact) mass is 258 g/mol. The van der Waals surface area contributed by atoms with Crippen LogP contribution in [0.15, 0.2) is 18.3 Å². The number of halogens is 2. The molecule has 0 aliphatic heterocycles. The van der Waals surface area contributed by atoms with Crippen molar-refractivity contribution in [3.8, 4) is 0 Å². The summed E-state index contributed by atoms with van der Waals surface area (Å²) in [6, 6.07) is 3.63. The SMILES string of the molecule is Cc1ccc(NC(=O)[C@]2(C)CC2(Cl)Cl)nc1. The lowest BCUT2D eigenvalue weighted by Crippen LogP contribution is -2.26. The molecular formula is C11H12Cl2N2O. The summed E-state index contributed by atoms with van der Waals surface area (Å²) in [6.45, 7) is 3.68. The van der Waals surface area contributed by atoms with E-state index in [2.05, 4.69) is 10.3 Å². The van der Waals surface area contributed by atoms with Crippen LogP contribution in [0.4, 0.5) is 5.82 Å². The van der Waals surface area contributed by atoms with Gasteiger partial charge in [0.15, 0.2) is 0 Å². The van der Waals surface area contributed by atoms with E-state index in [1.165, 1.54) is 0 Å². The van der Waals surface area contributed by atoms with Crippen molar-refractivity contribution in [2.45, 2.75) is 24.6 Å². The van der Waals surface area contributed by atoms with Gasteiger partial charge in [0.25, 0.3) is 0 Å². The Hall–Kier alpha value is -0.800. The van der Waals surface area contributed by atoms with Crippen LogP contribution in [0.5, 0.6) is 0 Å². The van der Waals surface area contributed by atoms with Crippen LogP contribution in [-0.2, 0) is 4.79 Å². The molecule has 1 aliphatic carbocycles. The summed E-state index contributed by atoms with van der Waals surface area (Å²) in [6.07, 6.45) is 2.17. The summed E-state index contributed by atoms with van der Waals surface area (Å²) in [7, 11) is 0. The fraction of sp³-hybridized carbons (Fsp3) is 0.455. The molecule has 0 spiro atoms. The zero-order valence-electron chi connectivity index (χ0n) is 9.05. The average Bonchev–Trinajstić information content (AvgIpc) is 2.71. The molecule has 1 heterocycles. The van der Waals surface area contributed by atoms with Crippen LogP contribution in [0, 0.1) is 12.3 Å². The first kappa shape index (κ1) is 11.7. The van der Waals surface area contributed by atoms with Crippen LogP contribution >= 0.6 is 23.2 Å². The van der Waals surface area contributed by atoms with E-state index in [4.69, 9.17) is 23.2 Å². The van der Waals surface area contributed by atoms with Gasteiger partial charge in [0.2, 0.25) is 5.91 Å². The summed E-state index contributed by atoms with van der Waals surface area (Å²) in [5.41, 5.74) is 0.336. The highest BCUT2D eigenvalue weighted by molar-refractivity contribution is 6.53. The van der Waals surface area contributed by atoms with E-state index in [-0.39, 0.29) is 5.91 Å². The molecule has 1 amide bonds. The number of anilines is 1. The first-order chi connectivity index (χ1) is 7.35. The van der Waals surface area contributed by atoms with E-state index in [9.17, 15) is 4.79 Å². The fourth-order valence-corrected chi connectivity index (χ4v) is 2.15. The van der Waals surface area contributed by atoms with Crippen LogP contribution in [-0.4, -0.2) is 15.2 Å². The first-order valence-electron chi connectivity index (χ1n) is 4.97. The Morgan fingerprint density at radius 2 is 2.12 bits per heavy atom. The second kappa shape index (κ2) is 3.60. The van der Waals surface area contributed by atoms with Gasteiger partial charge in [-0.2, -0.15) is 0 Å². The molecule has 1 aromatic heterocycles. The molecule has 1 aliphatic rings. The van der Waals surface area contributed by atoms with Gasteiger partial charge in [-0.1, -0.05) is 6.07 Å². The van der Waals surface area contributed by atoms with E-state index in [0.717, 1.165) is 5.56 Å². The van der Waals surface area contributed by atoms with Gasteiger partial charge in [-0.25, -0.2) is 4.98 Å². The maximum absolute atomic E-state index is 11.9. The van der Waals surface area contributed by atoms with Crippen molar-refractivity contribution in [3.05, 3.63) is 23.9 Å². The normalized spacial score (nSPS) is 26.2. The number of nitrogens with one attached hydrogen (secondary N) is 1. The van der Waals surface area contributed by atoms with Gasteiger partial charge in [-0.15, -0.1) is 23.2 Å². The lowest BCUT2D eigenvalue weighted by atomic mass is 10.1. The Labute approximate surface area is 104 Å². The maximum Gasteiger partial charge on any atom is 0.234 e. The second-order valence-corrected chi connectivity index (χ2v) is 5.87. The van der Waals surface area contributed by atoms with Gasteiger partial charge in [0, 0.05) is 6.20 Å². The van der Waals surface area contributed by atoms with Crippen LogP contribution in [0.25, 0.3) is 0 Å². The molecule has 0 radical (unpaired) electrons. The predicted octanol–water partition coefficient (Wildman–Crippen LogP) is 2.91. The molecule has 86 valence electrons. The molecule has 1 atom stereocenters. The lowest BCUT2D eigenvalue weighted by Gasteiger charge is -2.11. The number of hydrogen-bond acceptors (Lipinski definition) is 2. The van der Waals surface area contributed by atoms with Crippen molar-refractivity contribution in [2.75, 3.05) is 5.32 Å². The third-order valence-electron chi connectivity index (χ3n) is 2.91. The summed E-state index contributed by atoms with van der Waals surface area (Å²) in [4.78, 5) is 16.0. The molecule has 5 heteroatoms.